The summed E-state index contributed by atoms with van der Waals surface area (Å²) in [6, 6.07) is 11.3. The highest BCUT2D eigenvalue weighted by atomic mass is 16.5. The van der Waals surface area contributed by atoms with Crippen molar-refractivity contribution in [3.8, 4) is 11.4 Å². The van der Waals surface area contributed by atoms with E-state index < -0.39 is 11.6 Å². The van der Waals surface area contributed by atoms with Crippen LogP contribution >= 0.6 is 0 Å². The molecule has 0 aliphatic rings. The molecule has 3 rings (SSSR count). The lowest BCUT2D eigenvalue weighted by atomic mass is 10.1. The summed E-state index contributed by atoms with van der Waals surface area (Å²) in [5, 5.41) is 3.89. The number of nitrogens with one attached hydrogen (secondary N) is 1. The van der Waals surface area contributed by atoms with Gasteiger partial charge in [0.05, 0.1) is 12.1 Å². The van der Waals surface area contributed by atoms with E-state index in [4.69, 9.17) is 10.5 Å². The van der Waals surface area contributed by atoms with Gasteiger partial charge in [0, 0.05) is 23.3 Å². The number of aromatic nitrogens is 3. The van der Waals surface area contributed by atoms with Crippen LogP contribution in [0.4, 0.5) is 5.82 Å². The predicted octanol–water partition coefficient (Wildman–Crippen LogP) is 3.51. The summed E-state index contributed by atoms with van der Waals surface area (Å²) in [5.41, 5.74) is 6.52. The number of anilines is 1. The molecule has 0 amide bonds. The minimum absolute atomic E-state index is 0.346. The van der Waals surface area contributed by atoms with Crippen LogP contribution in [0.5, 0.6) is 0 Å². The molecule has 0 saturated heterocycles. The van der Waals surface area contributed by atoms with E-state index in [1.54, 1.807) is 12.4 Å². The van der Waals surface area contributed by atoms with E-state index in [0.717, 1.165) is 29.3 Å². The first-order chi connectivity index (χ1) is 13.6. The van der Waals surface area contributed by atoms with E-state index >= 15 is 0 Å². The highest BCUT2D eigenvalue weighted by Crippen LogP contribution is 2.26. The fraction of sp³-hybridized carbons (Fsp3) is 0.333. The first kappa shape index (κ1) is 19.7. The molecule has 2 heterocycles. The Balaban J connectivity index is 2.00. The van der Waals surface area contributed by atoms with Crippen LogP contribution in [0.1, 0.15) is 33.1 Å². The van der Waals surface area contributed by atoms with E-state index in [0.29, 0.717) is 24.7 Å². The molecule has 0 fully saturated rings. The van der Waals surface area contributed by atoms with E-state index in [9.17, 15) is 4.79 Å². The summed E-state index contributed by atoms with van der Waals surface area (Å²) in [6.45, 7) is 4.22. The largest absolute Gasteiger partial charge is 0.463 e. The molecule has 3 aromatic rings. The van der Waals surface area contributed by atoms with Gasteiger partial charge in [0.2, 0.25) is 0 Å². The standard InChI is InChI=1S/C21H25N5O2/c1-3-5-13-28-20(27)21(22,4-2)26-19-16-10-6-7-11-17(16)24-18(25-19)15-9-8-12-23-14-15/h6-12,14H,3-5,13,22H2,1-2H3,(H,24,25,26). The number of nitrogens with two attached hydrogens (primary N) is 1. The molecule has 0 radical (unpaired) electrons. The second kappa shape index (κ2) is 8.75. The third kappa shape index (κ3) is 4.26. The monoisotopic (exact) mass is 379 g/mol. The number of unbranched alkanes of at least 4 members (excludes halogenated alkanes) is 1. The maximum absolute atomic E-state index is 12.6. The quantitative estimate of drug-likeness (QED) is 0.351. The zero-order valence-electron chi connectivity index (χ0n) is 16.2. The number of nitrogens with zero attached hydrogens (tertiary/aromatic N) is 3. The van der Waals surface area contributed by atoms with Gasteiger partial charge >= 0.3 is 5.97 Å². The Morgan fingerprint density at radius 1 is 1.18 bits per heavy atom. The van der Waals surface area contributed by atoms with Crippen molar-refractivity contribution >= 4 is 22.7 Å². The minimum atomic E-state index is -1.38. The van der Waals surface area contributed by atoms with Crippen LogP contribution in [0.3, 0.4) is 0 Å². The number of carbonyl (C=O) groups excluding carboxylic acids is 1. The number of benzene rings is 1. The zero-order valence-corrected chi connectivity index (χ0v) is 16.2. The van der Waals surface area contributed by atoms with Gasteiger partial charge in [-0.25, -0.2) is 14.8 Å². The van der Waals surface area contributed by atoms with Gasteiger partial charge in [0.1, 0.15) is 5.82 Å². The van der Waals surface area contributed by atoms with Gasteiger partial charge in [-0.15, -0.1) is 0 Å². The fourth-order valence-corrected chi connectivity index (χ4v) is 2.73. The molecule has 1 aromatic carbocycles. The molecule has 0 aliphatic heterocycles. The smallest absolute Gasteiger partial charge is 0.346 e. The Morgan fingerprint density at radius 2 is 2.00 bits per heavy atom. The number of fused-ring (bicyclic) bond motifs is 1. The van der Waals surface area contributed by atoms with Crippen LogP contribution in [0, 0.1) is 0 Å². The molecule has 1 atom stereocenters. The molecule has 0 aliphatic carbocycles. The maximum atomic E-state index is 12.6. The van der Waals surface area contributed by atoms with Gasteiger partial charge in [0.15, 0.2) is 11.5 Å². The highest BCUT2D eigenvalue weighted by molar-refractivity contribution is 5.93. The number of rotatable bonds is 8. The van der Waals surface area contributed by atoms with Crippen molar-refractivity contribution in [1.82, 2.24) is 15.0 Å². The van der Waals surface area contributed by atoms with Gasteiger partial charge in [-0.3, -0.25) is 10.7 Å². The Bertz CT molecular complexity index is 948. The Morgan fingerprint density at radius 3 is 2.71 bits per heavy atom. The summed E-state index contributed by atoms with van der Waals surface area (Å²) in [4.78, 5) is 26.0. The molecule has 2 aromatic heterocycles. The van der Waals surface area contributed by atoms with Crippen molar-refractivity contribution in [2.24, 2.45) is 5.73 Å². The van der Waals surface area contributed by atoms with E-state index in [2.05, 4.69) is 20.3 Å². The average molecular weight is 379 g/mol. The Hall–Kier alpha value is -3.06. The van der Waals surface area contributed by atoms with Crippen LogP contribution in [0.2, 0.25) is 0 Å². The summed E-state index contributed by atoms with van der Waals surface area (Å²) >= 11 is 0. The van der Waals surface area contributed by atoms with E-state index in [-0.39, 0.29) is 0 Å². The summed E-state index contributed by atoms with van der Waals surface area (Å²) in [5.74, 6) is 0.502. The highest BCUT2D eigenvalue weighted by Gasteiger charge is 2.35. The maximum Gasteiger partial charge on any atom is 0.346 e. The van der Waals surface area contributed by atoms with Crippen molar-refractivity contribution in [2.75, 3.05) is 11.9 Å². The summed E-state index contributed by atoms with van der Waals surface area (Å²) < 4.78 is 5.36. The lowest BCUT2D eigenvalue weighted by molar-refractivity contribution is -0.149. The van der Waals surface area contributed by atoms with Crippen molar-refractivity contribution in [3.63, 3.8) is 0 Å². The van der Waals surface area contributed by atoms with Crippen LogP contribution in [-0.4, -0.2) is 33.2 Å². The average Bonchev–Trinajstić information content (AvgIpc) is 2.74. The third-order valence-corrected chi connectivity index (χ3v) is 4.52. The minimum Gasteiger partial charge on any atom is -0.463 e. The fourth-order valence-electron chi connectivity index (χ4n) is 2.73. The molecule has 3 N–H and O–H groups in total. The van der Waals surface area contributed by atoms with Gasteiger partial charge in [-0.05, 0) is 37.1 Å². The number of carbonyl (C=O) groups is 1. The van der Waals surface area contributed by atoms with E-state index in [1.165, 1.54) is 0 Å². The molecule has 7 nitrogen and oxygen atoms in total. The predicted molar refractivity (Wildman–Crippen MR) is 109 cm³/mol. The zero-order chi connectivity index (χ0) is 20.0. The van der Waals surface area contributed by atoms with Crippen molar-refractivity contribution in [1.29, 1.82) is 0 Å². The molecule has 7 heteroatoms. The normalized spacial score (nSPS) is 13.1. The van der Waals surface area contributed by atoms with Crippen molar-refractivity contribution in [2.45, 2.75) is 38.8 Å². The topological polar surface area (TPSA) is 103 Å². The molecule has 146 valence electrons. The summed E-state index contributed by atoms with van der Waals surface area (Å²) in [6.07, 6.45) is 5.47. The lowest BCUT2D eigenvalue weighted by Crippen LogP contribution is -2.55. The summed E-state index contributed by atoms with van der Waals surface area (Å²) in [7, 11) is 0. The second-order valence-corrected chi connectivity index (χ2v) is 6.59. The number of hydrogen-bond donors (Lipinski definition) is 2. The van der Waals surface area contributed by atoms with E-state index in [1.807, 2.05) is 50.2 Å². The number of pyridine rings is 1. The number of para-hydroxylation sites is 1. The van der Waals surface area contributed by atoms with Crippen LogP contribution < -0.4 is 11.1 Å². The first-order valence-corrected chi connectivity index (χ1v) is 9.49. The van der Waals surface area contributed by atoms with Gasteiger partial charge in [0.25, 0.3) is 0 Å². The van der Waals surface area contributed by atoms with Crippen LogP contribution in [0.25, 0.3) is 22.3 Å². The molecule has 0 saturated carbocycles. The molecule has 0 bridgehead atoms. The molecule has 28 heavy (non-hydrogen) atoms. The first-order valence-electron chi connectivity index (χ1n) is 9.49. The van der Waals surface area contributed by atoms with Gasteiger partial charge in [-0.1, -0.05) is 32.4 Å². The Kier molecular flexibility index (Phi) is 6.16. The molecular weight excluding hydrogens is 354 g/mol. The molecule has 1 unspecified atom stereocenters. The number of hydrogen-bond acceptors (Lipinski definition) is 7. The van der Waals surface area contributed by atoms with Crippen molar-refractivity contribution < 1.29 is 9.53 Å². The van der Waals surface area contributed by atoms with Gasteiger partial charge in [-0.2, -0.15) is 0 Å². The van der Waals surface area contributed by atoms with Gasteiger partial charge < -0.3 is 10.1 Å². The van der Waals surface area contributed by atoms with Crippen LogP contribution in [-0.2, 0) is 9.53 Å². The third-order valence-electron chi connectivity index (χ3n) is 4.52. The Labute approximate surface area is 164 Å². The molecule has 0 spiro atoms. The number of ether oxygens (including phenoxy) is 1. The van der Waals surface area contributed by atoms with Crippen LogP contribution in [0.15, 0.2) is 48.8 Å². The lowest BCUT2D eigenvalue weighted by Gasteiger charge is -2.28. The second-order valence-electron chi connectivity index (χ2n) is 6.59. The van der Waals surface area contributed by atoms with Crippen molar-refractivity contribution in [3.05, 3.63) is 48.8 Å². The SMILES string of the molecule is CCCCOC(=O)C(N)(CC)Nc1nc(-c2cccnc2)nc2ccccc12. The number of esters is 1. The molecular formula is C21H25N5O2.